The largest absolute Gasteiger partial charge is 0.368 e. The lowest BCUT2D eigenvalue weighted by molar-refractivity contribution is -0.120. The predicted octanol–water partition coefficient (Wildman–Crippen LogP) is 3.33. The van der Waals surface area contributed by atoms with E-state index in [4.69, 9.17) is 0 Å². The van der Waals surface area contributed by atoms with Crippen LogP contribution in [0.25, 0.3) is 0 Å². The van der Waals surface area contributed by atoms with E-state index in [-0.39, 0.29) is 11.7 Å². The minimum Gasteiger partial charge on any atom is -0.368 e. The highest BCUT2D eigenvalue weighted by Gasteiger charge is 2.25. The van der Waals surface area contributed by atoms with E-state index < -0.39 is 0 Å². The minimum atomic E-state index is -0.234. The molecule has 0 radical (unpaired) electrons. The van der Waals surface area contributed by atoms with Gasteiger partial charge in [-0.1, -0.05) is 30.3 Å². The molecule has 1 amide bonds. The summed E-state index contributed by atoms with van der Waals surface area (Å²) < 4.78 is 12.8. The molecule has 0 aromatic heterocycles. The highest BCUT2D eigenvalue weighted by molar-refractivity contribution is 5.76. The summed E-state index contributed by atoms with van der Waals surface area (Å²) in [5.74, 6) is -0.170. The van der Waals surface area contributed by atoms with Gasteiger partial charge in [-0.3, -0.25) is 4.79 Å². The van der Waals surface area contributed by atoms with E-state index >= 15 is 0 Å². The number of halogens is 1. The molecule has 0 spiro atoms. The topological polar surface area (TPSA) is 32.3 Å². The van der Waals surface area contributed by atoms with Crippen LogP contribution in [0.15, 0.2) is 48.5 Å². The van der Waals surface area contributed by atoms with Crippen molar-refractivity contribution in [1.82, 2.24) is 5.32 Å². The lowest BCUT2D eigenvalue weighted by Crippen LogP contribution is -2.34. The van der Waals surface area contributed by atoms with Crippen molar-refractivity contribution in [3.05, 3.63) is 65.5 Å². The second-order valence-corrected chi connectivity index (χ2v) is 6.35. The Bertz CT molecular complexity index is 699. The molecule has 1 aliphatic heterocycles. The van der Waals surface area contributed by atoms with Crippen molar-refractivity contribution in [1.29, 1.82) is 0 Å². The number of para-hydroxylation sites is 1. The van der Waals surface area contributed by atoms with Crippen molar-refractivity contribution in [3.8, 4) is 0 Å². The SMILES string of the molecule is CC1Cc2ccccc2N1CCC(=O)NCCc1ccc(F)cc1. The third-order valence-electron chi connectivity index (χ3n) is 4.58. The summed E-state index contributed by atoms with van der Waals surface area (Å²) in [5.41, 5.74) is 3.64. The fraction of sp³-hybridized carbons (Fsp3) is 0.350. The molecule has 3 rings (SSSR count). The molecule has 126 valence electrons. The molecule has 0 saturated carbocycles. The minimum absolute atomic E-state index is 0.0636. The second-order valence-electron chi connectivity index (χ2n) is 6.35. The van der Waals surface area contributed by atoms with E-state index in [1.807, 2.05) is 6.07 Å². The smallest absolute Gasteiger partial charge is 0.221 e. The molecule has 0 bridgehead atoms. The summed E-state index contributed by atoms with van der Waals surface area (Å²) in [5, 5.41) is 2.95. The quantitative estimate of drug-likeness (QED) is 0.883. The lowest BCUT2D eigenvalue weighted by atomic mass is 10.1. The molecule has 0 fully saturated rings. The van der Waals surface area contributed by atoms with Crippen LogP contribution in [0.5, 0.6) is 0 Å². The first-order chi connectivity index (χ1) is 11.6. The fourth-order valence-electron chi connectivity index (χ4n) is 3.28. The molecule has 4 heteroatoms. The second kappa shape index (κ2) is 7.47. The molecule has 24 heavy (non-hydrogen) atoms. The fourth-order valence-corrected chi connectivity index (χ4v) is 3.28. The van der Waals surface area contributed by atoms with Crippen LogP contribution >= 0.6 is 0 Å². The molecule has 0 aliphatic carbocycles. The van der Waals surface area contributed by atoms with Gasteiger partial charge in [0.2, 0.25) is 5.91 Å². The van der Waals surface area contributed by atoms with E-state index in [0.717, 1.165) is 24.9 Å². The van der Waals surface area contributed by atoms with Gasteiger partial charge in [0.1, 0.15) is 5.82 Å². The zero-order valence-electron chi connectivity index (χ0n) is 14.0. The van der Waals surface area contributed by atoms with Crippen molar-refractivity contribution in [3.63, 3.8) is 0 Å². The van der Waals surface area contributed by atoms with Gasteiger partial charge in [-0.2, -0.15) is 0 Å². The van der Waals surface area contributed by atoms with Gasteiger partial charge >= 0.3 is 0 Å². The van der Waals surface area contributed by atoms with Crippen LogP contribution in [0.2, 0.25) is 0 Å². The molecular weight excluding hydrogens is 303 g/mol. The van der Waals surface area contributed by atoms with Gasteiger partial charge in [-0.15, -0.1) is 0 Å². The Morgan fingerprint density at radius 3 is 2.75 bits per heavy atom. The first-order valence-electron chi connectivity index (χ1n) is 8.49. The number of carbonyl (C=O) groups is 1. The molecule has 1 N–H and O–H groups in total. The third kappa shape index (κ3) is 3.94. The Hall–Kier alpha value is -2.36. The van der Waals surface area contributed by atoms with Crippen molar-refractivity contribution in [2.75, 3.05) is 18.0 Å². The van der Waals surface area contributed by atoms with Crippen LogP contribution < -0.4 is 10.2 Å². The maximum atomic E-state index is 12.8. The highest BCUT2D eigenvalue weighted by Crippen LogP contribution is 2.31. The molecule has 1 aliphatic rings. The highest BCUT2D eigenvalue weighted by atomic mass is 19.1. The lowest BCUT2D eigenvalue weighted by Gasteiger charge is -2.24. The normalized spacial score (nSPS) is 16.1. The maximum Gasteiger partial charge on any atom is 0.221 e. The molecular formula is C20H23FN2O. The number of anilines is 1. The van der Waals surface area contributed by atoms with Crippen LogP contribution in [-0.4, -0.2) is 25.0 Å². The molecule has 1 atom stereocenters. The summed E-state index contributed by atoms with van der Waals surface area (Å²) >= 11 is 0. The number of fused-ring (bicyclic) bond motifs is 1. The van der Waals surface area contributed by atoms with Gasteiger partial charge in [0.15, 0.2) is 0 Å². The number of benzene rings is 2. The Morgan fingerprint density at radius 2 is 1.96 bits per heavy atom. The van der Waals surface area contributed by atoms with E-state index in [0.29, 0.717) is 19.0 Å². The van der Waals surface area contributed by atoms with Gasteiger partial charge < -0.3 is 10.2 Å². The Balaban J connectivity index is 1.43. The van der Waals surface area contributed by atoms with Crippen LogP contribution in [-0.2, 0) is 17.6 Å². The maximum absolute atomic E-state index is 12.8. The van der Waals surface area contributed by atoms with Crippen LogP contribution in [0.3, 0.4) is 0 Å². The number of rotatable bonds is 6. The van der Waals surface area contributed by atoms with Gasteiger partial charge in [0.05, 0.1) is 0 Å². The summed E-state index contributed by atoms with van der Waals surface area (Å²) in [6.45, 7) is 3.52. The van der Waals surface area contributed by atoms with Gasteiger partial charge in [-0.05, 0) is 49.1 Å². The molecule has 2 aromatic carbocycles. The number of hydrogen-bond donors (Lipinski definition) is 1. The monoisotopic (exact) mass is 326 g/mol. The van der Waals surface area contributed by atoms with E-state index in [1.54, 1.807) is 12.1 Å². The zero-order valence-corrected chi connectivity index (χ0v) is 14.0. The molecule has 3 nitrogen and oxygen atoms in total. The van der Waals surface area contributed by atoms with Gasteiger partial charge in [0.25, 0.3) is 0 Å². The van der Waals surface area contributed by atoms with E-state index in [1.165, 1.54) is 23.4 Å². The first kappa shape index (κ1) is 16.5. The van der Waals surface area contributed by atoms with Gasteiger partial charge in [0, 0.05) is 31.2 Å². The van der Waals surface area contributed by atoms with Crippen LogP contribution in [0, 0.1) is 5.82 Å². The van der Waals surface area contributed by atoms with E-state index in [9.17, 15) is 9.18 Å². The van der Waals surface area contributed by atoms with Crippen molar-refractivity contribution in [2.24, 2.45) is 0 Å². The number of hydrogen-bond acceptors (Lipinski definition) is 2. The predicted molar refractivity (Wildman–Crippen MR) is 94.7 cm³/mol. The van der Waals surface area contributed by atoms with Crippen molar-refractivity contribution in [2.45, 2.75) is 32.2 Å². The number of nitrogens with one attached hydrogen (secondary N) is 1. The number of nitrogens with zero attached hydrogens (tertiary/aromatic N) is 1. The summed E-state index contributed by atoms with van der Waals surface area (Å²) in [6.07, 6.45) is 2.25. The first-order valence-corrected chi connectivity index (χ1v) is 8.49. The van der Waals surface area contributed by atoms with Crippen molar-refractivity contribution >= 4 is 11.6 Å². The average molecular weight is 326 g/mol. The Morgan fingerprint density at radius 1 is 1.21 bits per heavy atom. The molecule has 0 saturated heterocycles. The summed E-state index contributed by atoms with van der Waals surface area (Å²) in [6, 6.07) is 15.2. The Kier molecular flexibility index (Phi) is 5.14. The summed E-state index contributed by atoms with van der Waals surface area (Å²) in [7, 11) is 0. The molecule has 1 heterocycles. The number of carbonyl (C=O) groups excluding carboxylic acids is 1. The zero-order chi connectivity index (χ0) is 16.9. The van der Waals surface area contributed by atoms with Crippen molar-refractivity contribution < 1.29 is 9.18 Å². The van der Waals surface area contributed by atoms with Crippen LogP contribution in [0.4, 0.5) is 10.1 Å². The van der Waals surface area contributed by atoms with E-state index in [2.05, 4.69) is 35.3 Å². The number of amides is 1. The summed E-state index contributed by atoms with van der Waals surface area (Å²) in [4.78, 5) is 14.4. The standard InChI is InChI=1S/C20H23FN2O/c1-15-14-17-4-2-3-5-19(17)23(15)13-11-20(24)22-12-10-16-6-8-18(21)9-7-16/h2-9,15H,10-14H2,1H3,(H,22,24). The van der Waals surface area contributed by atoms with Gasteiger partial charge in [-0.25, -0.2) is 4.39 Å². The molecule has 1 unspecified atom stereocenters. The third-order valence-corrected chi connectivity index (χ3v) is 4.58. The Labute approximate surface area is 142 Å². The molecule has 2 aromatic rings. The van der Waals surface area contributed by atoms with Crippen LogP contribution in [0.1, 0.15) is 24.5 Å². The average Bonchev–Trinajstić information content (AvgIpc) is 2.90.